The number of rotatable bonds is 9. The largest absolute Gasteiger partial charge is 0.457 e. The molecule has 0 saturated carbocycles. The van der Waals surface area contributed by atoms with E-state index in [-0.39, 0.29) is 0 Å². The fourth-order valence-electron chi connectivity index (χ4n) is 3.31. The van der Waals surface area contributed by atoms with Gasteiger partial charge < -0.3 is 10.1 Å². The number of para-hydroxylation sites is 1. The molecule has 4 nitrogen and oxygen atoms in total. The van der Waals surface area contributed by atoms with E-state index in [1.54, 1.807) is 0 Å². The summed E-state index contributed by atoms with van der Waals surface area (Å²) in [6.07, 6.45) is 2.25. The molecule has 1 unspecified atom stereocenters. The second kappa shape index (κ2) is 9.38. The molecule has 1 N–H and O–H groups in total. The third-order valence-electron chi connectivity index (χ3n) is 4.66. The molecule has 1 heterocycles. The predicted octanol–water partition coefficient (Wildman–Crippen LogP) is 5.42. The van der Waals surface area contributed by atoms with E-state index in [1.165, 1.54) is 11.3 Å². The van der Waals surface area contributed by atoms with Gasteiger partial charge in [-0.2, -0.15) is 5.10 Å². The van der Waals surface area contributed by atoms with Gasteiger partial charge in [0, 0.05) is 18.3 Å². The molecule has 0 amide bonds. The van der Waals surface area contributed by atoms with Crippen LogP contribution in [0.5, 0.6) is 11.5 Å². The van der Waals surface area contributed by atoms with Crippen LogP contribution in [0.3, 0.4) is 0 Å². The van der Waals surface area contributed by atoms with Crippen LogP contribution in [-0.4, -0.2) is 16.3 Å². The van der Waals surface area contributed by atoms with Crippen LogP contribution < -0.4 is 10.1 Å². The van der Waals surface area contributed by atoms with E-state index in [4.69, 9.17) is 4.74 Å². The quantitative estimate of drug-likeness (QED) is 0.551. The second-order valence-electron chi connectivity index (χ2n) is 6.93. The molecule has 0 bridgehead atoms. The Balaban J connectivity index is 1.59. The minimum atomic E-state index is 0.345. The van der Waals surface area contributed by atoms with Crippen molar-refractivity contribution in [1.82, 2.24) is 15.1 Å². The number of nitrogens with zero attached hydrogens (tertiary/aromatic N) is 2. The van der Waals surface area contributed by atoms with E-state index in [9.17, 15) is 0 Å². The van der Waals surface area contributed by atoms with E-state index in [2.05, 4.69) is 47.1 Å². The summed E-state index contributed by atoms with van der Waals surface area (Å²) in [5.41, 5.74) is 3.58. The van der Waals surface area contributed by atoms with Gasteiger partial charge in [0.25, 0.3) is 0 Å². The molecule has 1 aromatic heterocycles. The van der Waals surface area contributed by atoms with Gasteiger partial charge in [0.2, 0.25) is 0 Å². The zero-order chi connectivity index (χ0) is 19.1. The molecule has 0 aliphatic heterocycles. The summed E-state index contributed by atoms with van der Waals surface area (Å²) >= 11 is 0. The Morgan fingerprint density at radius 1 is 1.00 bits per heavy atom. The van der Waals surface area contributed by atoms with Gasteiger partial charge in [0.1, 0.15) is 11.5 Å². The van der Waals surface area contributed by atoms with Gasteiger partial charge in [0.05, 0.1) is 12.2 Å². The Morgan fingerprint density at radius 3 is 2.33 bits per heavy atom. The van der Waals surface area contributed by atoms with Crippen LogP contribution >= 0.6 is 0 Å². The first kappa shape index (κ1) is 19.2. The number of hydrogen-bond acceptors (Lipinski definition) is 3. The fourth-order valence-corrected chi connectivity index (χ4v) is 3.31. The molecule has 3 rings (SSSR count). The lowest BCUT2D eigenvalue weighted by atomic mass is 10.0. The van der Waals surface area contributed by atoms with Crippen molar-refractivity contribution in [3.05, 3.63) is 77.6 Å². The SMILES string of the molecule is CCCC(NCCn1nc(C)cc1C)c1ccc(Oc2ccccc2)cc1. The maximum Gasteiger partial charge on any atom is 0.127 e. The van der Waals surface area contributed by atoms with E-state index in [1.807, 2.05) is 49.4 Å². The first-order chi connectivity index (χ1) is 13.2. The third kappa shape index (κ3) is 5.44. The van der Waals surface area contributed by atoms with Gasteiger partial charge in [0.15, 0.2) is 0 Å². The van der Waals surface area contributed by atoms with Crippen LogP contribution in [0.4, 0.5) is 0 Å². The highest BCUT2D eigenvalue weighted by atomic mass is 16.5. The van der Waals surface area contributed by atoms with Crippen LogP contribution in [-0.2, 0) is 6.54 Å². The minimum Gasteiger partial charge on any atom is -0.457 e. The summed E-state index contributed by atoms with van der Waals surface area (Å²) in [6.45, 7) is 8.15. The maximum absolute atomic E-state index is 5.90. The number of aromatic nitrogens is 2. The average Bonchev–Trinajstić information content (AvgIpc) is 3.00. The number of hydrogen-bond donors (Lipinski definition) is 1. The van der Waals surface area contributed by atoms with E-state index in [0.717, 1.165) is 43.1 Å². The van der Waals surface area contributed by atoms with Crippen molar-refractivity contribution in [1.29, 1.82) is 0 Å². The van der Waals surface area contributed by atoms with Crippen LogP contribution in [0, 0.1) is 13.8 Å². The number of benzene rings is 2. The summed E-state index contributed by atoms with van der Waals surface area (Å²) in [6, 6.07) is 20.8. The molecule has 4 heteroatoms. The van der Waals surface area contributed by atoms with Crippen molar-refractivity contribution in [3.8, 4) is 11.5 Å². The van der Waals surface area contributed by atoms with Crippen molar-refractivity contribution in [2.45, 2.75) is 46.2 Å². The Bertz CT molecular complexity index is 825. The molecular formula is C23H29N3O. The lowest BCUT2D eigenvalue weighted by Gasteiger charge is -2.19. The summed E-state index contributed by atoms with van der Waals surface area (Å²) in [5.74, 6) is 1.72. The van der Waals surface area contributed by atoms with Crippen molar-refractivity contribution < 1.29 is 4.74 Å². The average molecular weight is 364 g/mol. The molecule has 1 atom stereocenters. The lowest BCUT2D eigenvalue weighted by Crippen LogP contribution is -2.26. The molecule has 0 saturated heterocycles. The van der Waals surface area contributed by atoms with Crippen LogP contribution in [0.1, 0.15) is 42.8 Å². The van der Waals surface area contributed by atoms with Crippen LogP contribution in [0.25, 0.3) is 0 Å². The summed E-state index contributed by atoms with van der Waals surface area (Å²) in [7, 11) is 0. The number of ether oxygens (including phenoxy) is 1. The van der Waals surface area contributed by atoms with Gasteiger partial charge >= 0.3 is 0 Å². The van der Waals surface area contributed by atoms with E-state index >= 15 is 0 Å². The Morgan fingerprint density at radius 2 is 1.70 bits per heavy atom. The predicted molar refractivity (Wildman–Crippen MR) is 110 cm³/mol. The molecule has 0 fully saturated rings. The Labute approximate surface area is 162 Å². The maximum atomic E-state index is 5.90. The van der Waals surface area contributed by atoms with Gasteiger partial charge in [-0.15, -0.1) is 0 Å². The third-order valence-corrected chi connectivity index (χ3v) is 4.66. The first-order valence-electron chi connectivity index (χ1n) is 9.73. The topological polar surface area (TPSA) is 39.1 Å². The molecule has 27 heavy (non-hydrogen) atoms. The summed E-state index contributed by atoms with van der Waals surface area (Å²) in [5, 5.41) is 8.23. The zero-order valence-electron chi connectivity index (χ0n) is 16.5. The van der Waals surface area contributed by atoms with E-state index < -0.39 is 0 Å². The number of aryl methyl sites for hydroxylation is 2. The van der Waals surface area contributed by atoms with E-state index in [0.29, 0.717) is 6.04 Å². The van der Waals surface area contributed by atoms with Gasteiger partial charge in [-0.25, -0.2) is 0 Å². The molecule has 0 aliphatic carbocycles. The van der Waals surface area contributed by atoms with Crippen molar-refractivity contribution in [2.75, 3.05) is 6.54 Å². The minimum absolute atomic E-state index is 0.345. The van der Waals surface area contributed by atoms with Crippen LogP contribution in [0.15, 0.2) is 60.7 Å². The van der Waals surface area contributed by atoms with Gasteiger partial charge in [-0.3, -0.25) is 4.68 Å². The number of nitrogens with one attached hydrogen (secondary N) is 1. The molecule has 0 radical (unpaired) electrons. The molecule has 142 valence electrons. The molecule has 3 aromatic rings. The first-order valence-corrected chi connectivity index (χ1v) is 9.73. The smallest absolute Gasteiger partial charge is 0.127 e. The Kier molecular flexibility index (Phi) is 6.66. The summed E-state index contributed by atoms with van der Waals surface area (Å²) < 4.78 is 7.97. The molecule has 2 aromatic carbocycles. The van der Waals surface area contributed by atoms with Gasteiger partial charge in [-0.1, -0.05) is 43.7 Å². The monoisotopic (exact) mass is 363 g/mol. The molecular weight excluding hydrogens is 334 g/mol. The van der Waals surface area contributed by atoms with Crippen LogP contribution in [0.2, 0.25) is 0 Å². The van der Waals surface area contributed by atoms with Crippen molar-refractivity contribution >= 4 is 0 Å². The molecule has 0 aliphatic rings. The molecule has 0 spiro atoms. The Hall–Kier alpha value is -2.59. The van der Waals surface area contributed by atoms with Crippen molar-refractivity contribution in [3.63, 3.8) is 0 Å². The van der Waals surface area contributed by atoms with Gasteiger partial charge in [-0.05, 0) is 56.2 Å². The standard InChI is InChI=1S/C23H29N3O/c1-4-8-23(24-15-16-26-19(3)17-18(2)25-26)20-11-13-22(14-12-20)27-21-9-6-5-7-10-21/h5-7,9-14,17,23-24H,4,8,15-16H2,1-3H3. The summed E-state index contributed by atoms with van der Waals surface area (Å²) in [4.78, 5) is 0. The fraction of sp³-hybridized carbons (Fsp3) is 0.348. The van der Waals surface area contributed by atoms with Crippen molar-refractivity contribution in [2.24, 2.45) is 0 Å². The lowest BCUT2D eigenvalue weighted by molar-refractivity contribution is 0.455. The highest BCUT2D eigenvalue weighted by Crippen LogP contribution is 2.25. The normalized spacial score (nSPS) is 12.1. The zero-order valence-corrected chi connectivity index (χ0v) is 16.5. The highest BCUT2D eigenvalue weighted by Gasteiger charge is 2.11. The second-order valence-corrected chi connectivity index (χ2v) is 6.93. The highest BCUT2D eigenvalue weighted by molar-refractivity contribution is 5.34.